The van der Waals surface area contributed by atoms with Crippen molar-refractivity contribution in [3.63, 3.8) is 0 Å². The van der Waals surface area contributed by atoms with Gasteiger partial charge in [0, 0.05) is 11.1 Å². The van der Waals surface area contributed by atoms with Gasteiger partial charge in [-0.3, -0.25) is 0 Å². The lowest BCUT2D eigenvalue weighted by molar-refractivity contribution is 0.0254. The van der Waals surface area contributed by atoms with Crippen molar-refractivity contribution in [3.8, 4) is 28.0 Å². The summed E-state index contributed by atoms with van der Waals surface area (Å²) in [6.07, 6.45) is 9.59. The molecule has 41 heavy (non-hydrogen) atoms. The van der Waals surface area contributed by atoms with E-state index >= 15 is 0 Å². The van der Waals surface area contributed by atoms with E-state index < -0.39 is 5.97 Å². The number of unbranched alkanes of at least 4 members (excludes halogenated alkanes) is 4. The highest BCUT2D eigenvalue weighted by Crippen LogP contribution is 2.41. The van der Waals surface area contributed by atoms with Crippen LogP contribution in [0.3, 0.4) is 0 Å². The first-order valence-corrected chi connectivity index (χ1v) is 15.3. The summed E-state index contributed by atoms with van der Waals surface area (Å²) < 4.78 is 11.6. The number of carbonyl (C=O) groups excluding carboxylic acids is 2. The summed E-state index contributed by atoms with van der Waals surface area (Å²) in [5, 5.41) is 11.5. The molecule has 5 nitrogen and oxygen atoms in total. The van der Waals surface area contributed by atoms with Crippen LogP contribution in [-0.2, 0) is 9.47 Å². The monoisotopic (exact) mass is 558 g/mol. The normalized spacial score (nSPS) is 12.5. The second-order valence-electron chi connectivity index (χ2n) is 10.9. The first kappa shape index (κ1) is 31.9. The lowest BCUT2D eigenvalue weighted by Crippen LogP contribution is -2.19. The highest BCUT2D eigenvalue weighted by molar-refractivity contribution is 6.02. The Morgan fingerprint density at radius 3 is 2.05 bits per heavy atom. The summed E-state index contributed by atoms with van der Waals surface area (Å²) in [5.41, 5.74) is 3.21. The minimum atomic E-state index is -0.454. The maximum absolute atomic E-state index is 13.5. The maximum Gasteiger partial charge on any atom is 0.339 e. The van der Waals surface area contributed by atoms with Gasteiger partial charge in [-0.2, -0.15) is 0 Å². The van der Waals surface area contributed by atoms with Gasteiger partial charge in [-0.1, -0.05) is 102 Å². The SMILES string of the molecule is CCCCCCC(C)OC(=O)c1ccc(-c2c(C(=O)OC(CCC)CCCC)ccc(-c3ccccc3)c2O)cc1. The first-order chi connectivity index (χ1) is 19.9. The molecule has 0 aliphatic rings. The third-order valence-corrected chi connectivity index (χ3v) is 7.43. The predicted molar refractivity (Wildman–Crippen MR) is 166 cm³/mol. The van der Waals surface area contributed by atoms with E-state index in [1.54, 1.807) is 36.4 Å². The van der Waals surface area contributed by atoms with Gasteiger partial charge in [-0.05, 0) is 68.0 Å². The maximum atomic E-state index is 13.5. The molecular weight excluding hydrogens is 512 g/mol. The zero-order valence-corrected chi connectivity index (χ0v) is 25.2. The highest BCUT2D eigenvalue weighted by atomic mass is 16.5. The van der Waals surface area contributed by atoms with Crippen LogP contribution in [0.4, 0.5) is 0 Å². The van der Waals surface area contributed by atoms with Crippen molar-refractivity contribution in [2.45, 2.75) is 104 Å². The number of phenolic OH excluding ortho intramolecular Hbond substituents is 1. The fraction of sp³-hybridized carbons (Fsp3) is 0.444. The zero-order valence-electron chi connectivity index (χ0n) is 25.2. The lowest BCUT2D eigenvalue weighted by Gasteiger charge is -2.20. The zero-order chi connectivity index (χ0) is 29.6. The molecule has 0 heterocycles. The molecule has 5 heteroatoms. The van der Waals surface area contributed by atoms with Crippen molar-refractivity contribution in [2.24, 2.45) is 0 Å². The van der Waals surface area contributed by atoms with Gasteiger partial charge >= 0.3 is 11.9 Å². The van der Waals surface area contributed by atoms with Gasteiger partial charge in [0.1, 0.15) is 11.9 Å². The molecule has 0 saturated heterocycles. The molecule has 0 spiro atoms. The van der Waals surface area contributed by atoms with Crippen molar-refractivity contribution in [1.82, 2.24) is 0 Å². The predicted octanol–water partition coefficient (Wildman–Crippen LogP) is 9.76. The van der Waals surface area contributed by atoms with Gasteiger partial charge in [-0.25, -0.2) is 9.59 Å². The topological polar surface area (TPSA) is 72.8 Å². The van der Waals surface area contributed by atoms with Crippen molar-refractivity contribution in [1.29, 1.82) is 0 Å². The van der Waals surface area contributed by atoms with Crippen LogP contribution in [-0.4, -0.2) is 29.3 Å². The average Bonchev–Trinajstić information content (AvgIpc) is 2.98. The van der Waals surface area contributed by atoms with E-state index in [4.69, 9.17) is 9.47 Å². The smallest absolute Gasteiger partial charge is 0.339 e. The summed E-state index contributed by atoms with van der Waals surface area (Å²) in [7, 11) is 0. The molecule has 0 aliphatic heterocycles. The van der Waals surface area contributed by atoms with Gasteiger partial charge in [0.05, 0.1) is 17.2 Å². The average molecular weight is 559 g/mol. The molecule has 0 amide bonds. The number of esters is 2. The van der Waals surface area contributed by atoms with E-state index in [0.29, 0.717) is 27.8 Å². The number of rotatable bonds is 16. The number of phenols is 1. The van der Waals surface area contributed by atoms with Crippen LogP contribution in [0.2, 0.25) is 0 Å². The Kier molecular flexibility index (Phi) is 12.9. The summed E-state index contributed by atoms with van der Waals surface area (Å²) >= 11 is 0. The molecule has 0 fully saturated rings. The molecule has 2 unspecified atom stereocenters. The Labute approximate surface area is 245 Å². The largest absolute Gasteiger partial charge is 0.507 e. The molecule has 0 radical (unpaired) electrons. The van der Waals surface area contributed by atoms with E-state index in [-0.39, 0.29) is 23.9 Å². The molecule has 1 N–H and O–H groups in total. The van der Waals surface area contributed by atoms with Crippen LogP contribution in [0.5, 0.6) is 5.75 Å². The molecule has 3 aromatic rings. The summed E-state index contributed by atoms with van der Waals surface area (Å²) in [6.45, 7) is 8.30. The van der Waals surface area contributed by atoms with Crippen molar-refractivity contribution >= 4 is 11.9 Å². The van der Waals surface area contributed by atoms with Gasteiger partial charge in [-0.15, -0.1) is 0 Å². The van der Waals surface area contributed by atoms with Crippen LogP contribution in [0.1, 0.15) is 113 Å². The van der Waals surface area contributed by atoms with E-state index in [2.05, 4.69) is 20.8 Å². The molecule has 0 aromatic heterocycles. The highest BCUT2D eigenvalue weighted by Gasteiger charge is 2.24. The van der Waals surface area contributed by atoms with Crippen LogP contribution >= 0.6 is 0 Å². The Hall–Kier alpha value is -3.60. The minimum Gasteiger partial charge on any atom is -0.507 e. The molecule has 0 bridgehead atoms. The Morgan fingerprint density at radius 1 is 0.683 bits per heavy atom. The number of ether oxygens (including phenoxy) is 2. The number of hydrogen-bond donors (Lipinski definition) is 1. The molecule has 0 saturated carbocycles. The summed E-state index contributed by atoms with van der Waals surface area (Å²) in [6, 6.07) is 19.9. The van der Waals surface area contributed by atoms with Gasteiger partial charge in [0.25, 0.3) is 0 Å². The molecule has 2 atom stereocenters. The Morgan fingerprint density at radius 2 is 1.39 bits per heavy atom. The summed E-state index contributed by atoms with van der Waals surface area (Å²) in [4.78, 5) is 26.3. The molecular formula is C36H46O5. The molecule has 220 valence electrons. The Balaban J connectivity index is 1.91. The number of benzene rings is 3. The number of hydrogen-bond acceptors (Lipinski definition) is 5. The third-order valence-electron chi connectivity index (χ3n) is 7.43. The summed E-state index contributed by atoms with van der Waals surface area (Å²) in [5.74, 6) is -0.827. The quantitative estimate of drug-likeness (QED) is 0.140. The fourth-order valence-electron chi connectivity index (χ4n) is 5.08. The van der Waals surface area contributed by atoms with Crippen LogP contribution in [0.15, 0.2) is 66.7 Å². The van der Waals surface area contributed by atoms with Gasteiger partial charge in [0.2, 0.25) is 0 Å². The second-order valence-corrected chi connectivity index (χ2v) is 10.9. The van der Waals surface area contributed by atoms with Crippen molar-refractivity contribution < 1.29 is 24.2 Å². The van der Waals surface area contributed by atoms with Gasteiger partial charge < -0.3 is 14.6 Å². The molecule has 3 rings (SSSR count). The van der Waals surface area contributed by atoms with Crippen molar-refractivity contribution in [2.75, 3.05) is 0 Å². The van der Waals surface area contributed by atoms with Crippen molar-refractivity contribution in [3.05, 3.63) is 77.9 Å². The minimum absolute atomic E-state index is 0.00211. The Bertz CT molecular complexity index is 1230. The third kappa shape index (κ3) is 9.21. The molecule has 3 aromatic carbocycles. The number of carbonyl (C=O) groups is 2. The van der Waals surface area contributed by atoms with E-state index in [9.17, 15) is 14.7 Å². The first-order valence-electron chi connectivity index (χ1n) is 15.3. The van der Waals surface area contributed by atoms with Crippen LogP contribution < -0.4 is 0 Å². The standard InChI is InChI=1S/C36H46O5/c1-5-8-10-12-16-26(4)40-35(38)29-22-20-28(21-23-29)33-32(36(39)41-30(15-7-3)19-9-6-2)25-24-31(34(33)37)27-17-13-11-14-18-27/h11,13-14,17-18,20-26,30,37H,5-10,12,15-16,19H2,1-4H3. The van der Waals surface area contributed by atoms with Gasteiger partial charge in [0.15, 0.2) is 0 Å². The van der Waals surface area contributed by atoms with E-state index in [0.717, 1.165) is 56.9 Å². The van der Waals surface area contributed by atoms with Crippen LogP contribution in [0.25, 0.3) is 22.3 Å². The number of aromatic hydroxyl groups is 1. The van der Waals surface area contributed by atoms with E-state index in [1.165, 1.54) is 12.8 Å². The fourth-order valence-corrected chi connectivity index (χ4v) is 5.08. The van der Waals surface area contributed by atoms with E-state index in [1.807, 2.05) is 37.3 Å². The second kappa shape index (κ2) is 16.6. The molecule has 0 aliphatic carbocycles. The lowest BCUT2D eigenvalue weighted by atomic mass is 9.92. The van der Waals surface area contributed by atoms with Crippen LogP contribution in [0, 0.1) is 0 Å².